The van der Waals surface area contributed by atoms with Gasteiger partial charge in [-0.15, -0.1) is 21.8 Å². The third-order valence-electron chi connectivity index (χ3n) is 5.24. The molecule has 2 aromatic carbocycles. The number of imidazole rings is 1. The second-order valence-corrected chi connectivity index (χ2v) is 7.89. The van der Waals surface area contributed by atoms with Gasteiger partial charge in [-0.2, -0.15) is 0 Å². The van der Waals surface area contributed by atoms with Crippen LogP contribution in [0.5, 0.6) is 5.75 Å². The molecule has 2 heterocycles. The fraction of sp³-hybridized carbons (Fsp3) is 0.240. The summed E-state index contributed by atoms with van der Waals surface area (Å²) in [6.07, 6.45) is 8.98. The summed E-state index contributed by atoms with van der Waals surface area (Å²) < 4.78 is 13.4. The molecule has 0 aliphatic rings. The summed E-state index contributed by atoms with van der Waals surface area (Å²) in [5.41, 5.74) is 4.07. The van der Waals surface area contributed by atoms with Crippen molar-refractivity contribution in [1.29, 1.82) is 0 Å². The van der Waals surface area contributed by atoms with E-state index in [1.54, 1.807) is 13.4 Å². The number of methoxy groups -OCH3 is 1. The average molecular weight is 449 g/mol. The Kier molecular flexibility index (Phi) is 7.02. The molecule has 0 aliphatic carbocycles. The number of hydrogen-bond donors (Lipinski definition) is 0. The molecule has 2 aromatic heterocycles. The molecule has 0 fully saturated rings. The van der Waals surface area contributed by atoms with Crippen molar-refractivity contribution in [3.05, 3.63) is 89.7 Å². The molecular weight excluding hydrogens is 424 g/mol. The predicted octanol–water partition coefficient (Wildman–Crippen LogP) is 5.70. The number of hydrogen-bond acceptors (Lipinski definition) is 5. The average Bonchev–Trinajstić information content (AvgIpc) is 3.46. The van der Waals surface area contributed by atoms with E-state index in [1.165, 1.54) is 5.56 Å². The quantitative estimate of drug-likeness (QED) is 0.307. The van der Waals surface area contributed by atoms with E-state index in [1.807, 2.05) is 66.2 Å². The molecule has 0 aliphatic heterocycles. The van der Waals surface area contributed by atoms with Gasteiger partial charge in [-0.3, -0.25) is 0 Å². The van der Waals surface area contributed by atoms with Gasteiger partial charge < -0.3 is 13.7 Å². The van der Waals surface area contributed by atoms with Crippen LogP contribution in [-0.2, 0) is 6.42 Å². The monoisotopic (exact) mass is 448 g/mol. The molecular formula is C25H25ClN4O2. The molecule has 0 spiro atoms. The van der Waals surface area contributed by atoms with Crippen LogP contribution in [0.3, 0.4) is 0 Å². The Balaban J connectivity index is 1.47. The summed E-state index contributed by atoms with van der Waals surface area (Å²) >= 11 is 6.02. The SMILES string of the molecule is COc1cc(C=Cc2nnc(CC(CCCl)c3ccccc3)o2)ccc1-n1cnc(C)c1. The van der Waals surface area contributed by atoms with Gasteiger partial charge in [-0.25, -0.2) is 4.98 Å². The Hall–Kier alpha value is -3.38. The third-order valence-corrected chi connectivity index (χ3v) is 5.46. The molecule has 7 heteroatoms. The van der Waals surface area contributed by atoms with Crippen molar-refractivity contribution in [2.24, 2.45) is 0 Å². The first-order valence-electron chi connectivity index (χ1n) is 10.5. The van der Waals surface area contributed by atoms with Crippen LogP contribution in [0.2, 0.25) is 0 Å². The normalized spacial score (nSPS) is 12.3. The summed E-state index contributed by atoms with van der Waals surface area (Å²) in [6.45, 7) is 1.95. The maximum atomic E-state index is 6.02. The molecule has 0 N–H and O–H groups in total. The summed E-state index contributed by atoms with van der Waals surface area (Å²) in [6, 6.07) is 16.3. The van der Waals surface area contributed by atoms with Gasteiger partial charge in [0.05, 0.1) is 24.8 Å². The van der Waals surface area contributed by atoms with Gasteiger partial charge >= 0.3 is 0 Å². The van der Waals surface area contributed by atoms with Crippen LogP contribution in [0.4, 0.5) is 0 Å². The van der Waals surface area contributed by atoms with Crippen LogP contribution < -0.4 is 4.74 Å². The van der Waals surface area contributed by atoms with Gasteiger partial charge in [0, 0.05) is 24.6 Å². The van der Waals surface area contributed by atoms with Crippen LogP contribution in [0.15, 0.2) is 65.5 Å². The van der Waals surface area contributed by atoms with E-state index in [0.29, 0.717) is 24.1 Å². The number of aromatic nitrogens is 4. The van der Waals surface area contributed by atoms with E-state index < -0.39 is 0 Å². The van der Waals surface area contributed by atoms with Crippen molar-refractivity contribution in [2.45, 2.75) is 25.7 Å². The summed E-state index contributed by atoms with van der Waals surface area (Å²) in [5, 5.41) is 8.39. The van der Waals surface area contributed by atoms with Gasteiger partial charge in [-0.05, 0) is 48.6 Å². The number of alkyl halides is 1. The van der Waals surface area contributed by atoms with Crippen LogP contribution in [0.1, 0.15) is 40.9 Å². The minimum absolute atomic E-state index is 0.245. The fourth-order valence-electron chi connectivity index (χ4n) is 3.60. The van der Waals surface area contributed by atoms with Crippen LogP contribution in [-0.4, -0.2) is 32.7 Å². The first-order valence-corrected chi connectivity index (χ1v) is 11.0. The lowest BCUT2D eigenvalue weighted by molar-refractivity contribution is 0.413. The van der Waals surface area contributed by atoms with E-state index in [9.17, 15) is 0 Å². The molecule has 164 valence electrons. The zero-order valence-electron chi connectivity index (χ0n) is 18.1. The highest BCUT2D eigenvalue weighted by Gasteiger charge is 2.16. The van der Waals surface area contributed by atoms with E-state index in [-0.39, 0.29) is 5.92 Å². The van der Waals surface area contributed by atoms with Crippen molar-refractivity contribution in [3.63, 3.8) is 0 Å². The van der Waals surface area contributed by atoms with Crippen LogP contribution in [0.25, 0.3) is 17.8 Å². The molecule has 32 heavy (non-hydrogen) atoms. The number of aryl methyl sites for hydroxylation is 1. The second kappa shape index (κ2) is 10.3. The molecule has 1 atom stereocenters. The second-order valence-electron chi connectivity index (χ2n) is 7.51. The summed E-state index contributed by atoms with van der Waals surface area (Å²) in [5.74, 6) is 2.65. The van der Waals surface area contributed by atoms with E-state index >= 15 is 0 Å². The zero-order chi connectivity index (χ0) is 22.3. The molecule has 0 bridgehead atoms. The third kappa shape index (κ3) is 5.26. The fourth-order valence-corrected chi connectivity index (χ4v) is 3.87. The molecule has 0 amide bonds. The molecule has 4 aromatic rings. The first kappa shape index (κ1) is 21.8. The molecule has 0 radical (unpaired) electrons. The number of nitrogens with zero attached hydrogens (tertiary/aromatic N) is 4. The highest BCUT2D eigenvalue weighted by Crippen LogP contribution is 2.26. The Morgan fingerprint density at radius 3 is 2.69 bits per heavy atom. The maximum absolute atomic E-state index is 6.02. The standard InChI is InChI=1S/C25H25ClN4O2/c1-18-16-30(17-27-18)22-10-8-19(14-23(22)31-2)9-11-24-28-29-25(32-24)15-21(12-13-26)20-6-4-3-5-7-20/h3-11,14,16-17,21H,12-13,15H2,1-2H3. The summed E-state index contributed by atoms with van der Waals surface area (Å²) in [7, 11) is 1.66. The van der Waals surface area contributed by atoms with Gasteiger partial charge in [-0.1, -0.05) is 36.4 Å². The van der Waals surface area contributed by atoms with Gasteiger partial charge in [0.1, 0.15) is 5.75 Å². The Labute approximate surface area is 192 Å². The van der Waals surface area contributed by atoms with E-state index in [2.05, 4.69) is 27.3 Å². The Morgan fingerprint density at radius 2 is 1.97 bits per heavy atom. The van der Waals surface area contributed by atoms with Crippen LogP contribution >= 0.6 is 11.6 Å². The lowest BCUT2D eigenvalue weighted by Crippen LogP contribution is -2.04. The number of ether oxygens (including phenoxy) is 1. The molecule has 0 saturated heterocycles. The van der Waals surface area contributed by atoms with Crippen molar-refractivity contribution in [3.8, 4) is 11.4 Å². The lowest BCUT2D eigenvalue weighted by Gasteiger charge is -2.13. The van der Waals surface area contributed by atoms with Crippen molar-refractivity contribution in [1.82, 2.24) is 19.7 Å². The highest BCUT2D eigenvalue weighted by atomic mass is 35.5. The number of rotatable bonds is 9. The highest BCUT2D eigenvalue weighted by molar-refractivity contribution is 6.17. The predicted molar refractivity (Wildman–Crippen MR) is 126 cm³/mol. The smallest absolute Gasteiger partial charge is 0.240 e. The Morgan fingerprint density at radius 1 is 1.12 bits per heavy atom. The topological polar surface area (TPSA) is 66.0 Å². The zero-order valence-corrected chi connectivity index (χ0v) is 18.9. The van der Waals surface area contributed by atoms with Crippen molar-refractivity contribution in [2.75, 3.05) is 13.0 Å². The minimum atomic E-state index is 0.245. The largest absolute Gasteiger partial charge is 0.495 e. The van der Waals surface area contributed by atoms with Gasteiger partial charge in [0.15, 0.2) is 0 Å². The molecule has 6 nitrogen and oxygen atoms in total. The number of halogens is 1. The Bertz CT molecular complexity index is 1180. The maximum Gasteiger partial charge on any atom is 0.240 e. The van der Waals surface area contributed by atoms with Crippen LogP contribution in [0, 0.1) is 6.92 Å². The van der Waals surface area contributed by atoms with Gasteiger partial charge in [0.25, 0.3) is 0 Å². The van der Waals surface area contributed by atoms with Crippen molar-refractivity contribution < 1.29 is 9.15 Å². The van der Waals surface area contributed by atoms with E-state index in [4.69, 9.17) is 20.8 Å². The molecule has 4 rings (SSSR count). The number of benzene rings is 2. The van der Waals surface area contributed by atoms with Gasteiger partial charge in [0.2, 0.25) is 11.8 Å². The molecule has 0 saturated carbocycles. The lowest BCUT2D eigenvalue weighted by atomic mass is 9.93. The van der Waals surface area contributed by atoms with Crippen molar-refractivity contribution >= 4 is 23.8 Å². The summed E-state index contributed by atoms with van der Waals surface area (Å²) in [4.78, 5) is 4.28. The molecule has 1 unspecified atom stereocenters. The first-order chi connectivity index (χ1) is 15.7. The minimum Gasteiger partial charge on any atom is -0.495 e. The van der Waals surface area contributed by atoms with E-state index in [0.717, 1.165) is 29.1 Å².